The van der Waals surface area contributed by atoms with E-state index in [9.17, 15) is 4.79 Å². The number of hydrogen-bond acceptors (Lipinski definition) is 5. The van der Waals surface area contributed by atoms with Gasteiger partial charge >= 0.3 is 0 Å². The Kier molecular flexibility index (Phi) is 6.30. The number of carbonyl (C=O) groups excluding carboxylic acids is 1. The molecule has 0 aliphatic carbocycles. The summed E-state index contributed by atoms with van der Waals surface area (Å²) in [5, 5.41) is 2.86. The highest BCUT2D eigenvalue weighted by Crippen LogP contribution is 2.30. The van der Waals surface area contributed by atoms with E-state index in [1.54, 1.807) is 12.1 Å². The monoisotopic (exact) mass is 295 g/mol. The molecule has 21 heavy (non-hydrogen) atoms. The Bertz CT molecular complexity index is 489. The summed E-state index contributed by atoms with van der Waals surface area (Å²) in [7, 11) is 5.05. The Balaban J connectivity index is 2.78. The third-order valence-corrected chi connectivity index (χ3v) is 3.45. The summed E-state index contributed by atoms with van der Waals surface area (Å²) in [6.07, 6.45) is 0. The minimum Gasteiger partial charge on any atom is -0.497 e. The summed E-state index contributed by atoms with van der Waals surface area (Å²) in [6.45, 7) is 5.52. The molecule has 0 aromatic heterocycles. The molecule has 0 heterocycles. The van der Waals surface area contributed by atoms with Crippen LogP contribution in [0.2, 0.25) is 0 Å². The van der Waals surface area contributed by atoms with Crippen molar-refractivity contribution < 1.29 is 14.3 Å². The van der Waals surface area contributed by atoms with Crippen molar-refractivity contribution in [2.24, 2.45) is 0 Å². The molecule has 0 bridgehead atoms. The van der Waals surface area contributed by atoms with Crippen LogP contribution in [0.15, 0.2) is 12.1 Å². The van der Waals surface area contributed by atoms with Gasteiger partial charge in [0.1, 0.15) is 11.5 Å². The number of anilines is 1. The number of methoxy groups -OCH3 is 2. The van der Waals surface area contributed by atoms with Gasteiger partial charge in [0, 0.05) is 25.2 Å². The van der Waals surface area contributed by atoms with E-state index in [4.69, 9.17) is 15.2 Å². The molecule has 0 spiro atoms. The van der Waals surface area contributed by atoms with Crippen LogP contribution in [0.1, 0.15) is 24.2 Å². The summed E-state index contributed by atoms with van der Waals surface area (Å²) >= 11 is 0. The van der Waals surface area contributed by atoms with Gasteiger partial charge in [-0.15, -0.1) is 0 Å². The number of likely N-dealkylation sites (N-methyl/N-ethyl adjacent to an activating group) is 1. The Morgan fingerprint density at radius 2 is 2.00 bits per heavy atom. The van der Waals surface area contributed by atoms with Gasteiger partial charge in [-0.05, 0) is 27.0 Å². The van der Waals surface area contributed by atoms with Crippen LogP contribution < -0.4 is 20.5 Å². The zero-order valence-electron chi connectivity index (χ0n) is 13.4. The number of nitrogen functional groups attached to an aromatic ring is 1. The molecular weight excluding hydrogens is 270 g/mol. The van der Waals surface area contributed by atoms with Crippen molar-refractivity contribution >= 4 is 11.6 Å². The molecule has 0 saturated carbocycles. The van der Waals surface area contributed by atoms with Crippen molar-refractivity contribution in [1.29, 1.82) is 0 Å². The molecule has 0 unspecified atom stereocenters. The lowest BCUT2D eigenvalue weighted by molar-refractivity contribution is 0.0948. The van der Waals surface area contributed by atoms with Crippen LogP contribution in [-0.4, -0.2) is 51.2 Å². The van der Waals surface area contributed by atoms with Crippen LogP contribution in [0.4, 0.5) is 5.69 Å². The third-order valence-electron chi connectivity index (χ3n) is 3.45. The van der Waals surface area contributed by atoms with Crippen molar-refractivity contribution in [1.82, 2.24) is 10.2 Å². The number of rotatable bonds is 7. The van der Waals surface area contributed by atoms with Crippen LogP contribution in [0.25, 0.3) is 0 Å². The third kappa shape index (κ3) is 4.53. The van der Waals surface area contributed by atoms with Gasteiger partial charge in [-0.1, -0.05) is 0 Å². The van der Waals surface area contributed by atoms with Gasteiger partial charge in [-0.25, -0.2) is 0 Å². The van der Waals surface area contributed by atoms with Crippen LogP contribution in [0.5, 0.6) is 11.5 Å². The molecule has 0 aliphatic heterocycles. The quantitative estimate of drug-likeness (QED) is 0.743. The van der Waals surface area contributed by atoms with Crippen molar-refractivity contribution in [2.45, 2.75) is 19.9 Å². The van der Waals surface area contributed by atoms with E-state index in [1.165, 1.54) is 14.2 Å². The Hall–Kier alpha value is -1.95. The number of nitrogens with zero attached hydrogens (tertiary/aromatic N) is 1. The fourth-order valence-electron chi connectivity index (χ4n) is 1.78. The maximum absolute atomic E-state index is 12.2. The first-order chi connectivity index (χ1) is 9.90. The first-order valence-corrected chi connectivity index (χ1v) is 6.90. The predicted molar refractivity (Wildman–Crippen MR) is 84.1 cm³/mol. The van der Waals surface area contributed by atoms with E-state index in [2.05, 4.69) is 24.1 Å². The second-order valence-corrected chi connectivity index (χ2v) is 5.12. The minimum atomic E-state index is -0.234. The molecular formula is C15H25N3O3. The second-order valence-electron chi connectivity index (χ2n) is 5.12. The fraction of sp³-hybridized carbons (Fsp3) is 0.533. The number of carbonyl (C=O) groups is 1. The van der Waals surface area contributed by atoms with E-state index in [0.717, 1.165) is 6.54 Å². The van der Waals surface area contributed by atoms with E-state index < -0.39 is 0 Å². The first kappa shape index (κ1) is 17.1. The largest absolute Gasteiger partial charge is 0.497 e. The van der Waals surface area contributed by atoms with Crippen LogP contribution >= 0.6 is 0 Å². The zero-order valence-corrected chi connectivity index (χ0v) is 13.4. The zero-order chi connectivity index (χ0) is 16.0. The molecule has 0 atom stereocenters. The van der Waals surface area contributed by atoms with Crippen molar-refractivity contribution in [3.05, 3.63) is 17.7 Å². The van der Waals surface area contributed by atoms with Gasteiger partial charge in [0.25, 0.3) is 5.91 Å². The van der Waals surface area contributed by atoms with E-state index in [-0.39, 0.29) is 5.91 Å². The van der Waals surface area contributed by atoms with Gasteiger partial charge in [-0.2, -0.15) is 0 Å². The standard InChI is InChI=1S/C15H25N3O3/c1-10(2)18(3)7-6-17-15(19)12-8-11(20-4)9-13(21-5)14(12)16/h8-10H,6-7,16H2,1-5H3,(H,17,19). The summed E-state index contributed by atoms with van der Waals surface area (Å²) in [6, 6.07) is 3.70. The molecule has 1 amide bonds. The second kappa shape index (κ2) is 7.73. The van der Waals surface area contributed by atoms with Gasteiger partial charge < -0.3 is 25.4 Å². The number of ether oxygens (including phenoxy) is 2. The van der Waals surface area contributed by atoms with Crippen LogP contribution in [0, 0.1) is 0 Å². The van der Waals surface area contributed by atoms with E-state index in [1.807, 2.05) is 7.05 Å². The van der Waals surface area contributed by atoms with Gasteiger partial charge in [0.2, 0.25) is 0 Å². The van der Waals surface area contributed by atoms with Crippen molar-refractivity contribution in [3.63, 3.8) is 0 Å². The molecule has 3 N–H and O–H groups in total. The van der Waals surface area contributed by atoms with Crippen LogP contribution in [0.3, 0.4) is 0 Å². The molecule has 1 aromatic carbocycles. The maximum atomic E-state index is 12.2. The predicted octanol–water partition coefficient (Wildman–Crippen LogP) is 1.36. The Labute approximate surface area is 126 Å². The lowest BCUT2D eigenvalue weighted by Gasteiger charge is -2.21. The highest BCUT2D eigenvalue weighted by atomic mass is 16.5. The molecule has 1 aromatic rings. The SMILES string of the molecule is COc1cc(OC)c(N)c(C(=O)NCCN(C)C(C)C)c1. The number of nitrogens with one attached hydrogen (secondary N) is 1. The number of nitrogens with two attached hydrogens (primary N) is 1. The maximum Gasteiger partial charge on any atom is 0.253 e. The highest BCUT2D eigenvalue weighted by Gasteiger charge is 2.16. The normalized spacial score (nSPS) is 10.8. The average Bonchev–Trinajstić information content (AvgIpc) is 2.46. The van der Waals surface area contributed by atoms with Crippen LogP contribution in [-0.2, 0) is 0 Å². The van der Waals surface area contributed by atoms with Gasteiger partial charge in [0.15, 0.2) is 0 Å². The Morgan fingerprint density at radius 1 is 1.33 bits per heavy atom. The first-order valence-electron chi connectivity index (χ1n) is 6.90. The minimum absolute atomic E-state index is 0.234. The summed E-state index contributed by atoms with van der Waals surface area (Å²) in [5.74, 6) is 0.728. The van der Waals surface area contributed by atoms with Crippen molar-refractivity contribution in [2.75, 3.05) is 40.1 Å². The lowest BCUT2D eigenvalue weighted by atomic mass is 10.1. The molecule has 118 valence electrons. The molecule has 1 rings (SSSR count). The van der Waals surface area contributed by atoms with E-state index in [0.29, 0.717) is 35.3 Å². The summed E-state index contributed by atoms with van der Waals surface area (Å²) < 4.78 is 10.3. The summed E-state index contributed by atoms with van der Waals surface area (Å²) in [5.41, 5.74) is 6.62. The number of hydrogen-bond donors (Lipinski definition) is 2. The van der Waals surface area contributed by atoms with Gasteiger partial charge in [0.05, 0.1) is 25.5 Å². The molecule has 6 heteroatoms. The smallest absolute Gasteiger partial charge is 0.253 e. The highest BCUT2D eigenvalue weighted by molar-refractivity contribution is 6.00. The fourth-order valence-corrected chi connectivity index (χ4v) is 1.78. The Morgan fingerprint density at radius 3 is 2.52 bits per heavy atom. The average molecular weight is 295 g/mol. The number of amides is 1. The number of benzene rings is 1. The molecule has 0 aliphatic rings. The molecule has 0 saturated heterocycles. The summed E-state index contributed by atoms with van der Waals surface area (Å²) in [4.78, 5) is 14.4. The van der Waals surface area contributed by atoms with Gasteiger partial charge in [-0.3, -0.25) is 4.79 Å². The lowest BCUT2D eigenvalue weighted by Crippen LogP contribution is -2.36. The molecule has 0 fully saturated rings. The molecule has 6 nitrogen and oxygen atoms in total. The molecule has 0 radical (unpaired) electrons. The van der Waals surface area contributed by atoms with E-state index >= 15 is 0 Å². The van der Waals surface area contributed by atoms with Crippen molar-refractivity contribution in [3.8, 4) is 11.5 Å². The topological polar surface area (TPSA) is 76.8 Å².